The molecular formula is C51H58N4O3. The van der Waals surface area contributed by atoms with Crippen LogP contribution in [-0.2, 0) is 16.0 Å². The maximum atomic E-state index is 11.1. The molecule has 0 N–H and O–H groups in total. The standard InChI is InChI=1S/C51H58N4O3/c1-2-51(56)58-39-13-6-4-9-15-41-20-24-43(25-21-41)45-28-26-44(27-29-45)42-22-18-40(19-23-42)14-8-3-5-12-38-57-50-36-34-49(35-37-50)55-54-48-32-30-47(31-33-48)53-52-46-16-10-7-11-17-46/h2,7,10-11,16-19,22-23,26-37,41,43H,1,3-6,8-9,12-15,20-21,24-25,38-39H2. The number of nitrogens with zero attached hydrogens (tertiary/aromatic N) is 4. The Labute approximate surface area is 345 Å². The van der Waals surface area contributed by atoms with E-state index in [4.69, 9.17) is 9.47 Å². The summed E-state index contributed by atoms with van der Waals surface area (Å²) >= 11 is 0. The van der Waals surface area contributed by atoms with Crippen LogP contribution in [0.4, 0.5) is 22.7 Å². The van der Waals surface area contributed by atoms with Crippen molar-refractivity contribution < 1.29 is 14.3 Å². The third-order valence-electron chi connectivity index (χ3n) is 11.1. The SMILES string of the molecule is C=CC(=O)OCCCCCCC1CCC(c2ccc(-c3ccc(CCCCCCOc4ccc(N=Nc5ccc(N=Nc6ccccc6)cc5)cc4)cc3)cc2)CC1. The molecule has 7 heteroatoms. The molecule has 6 rings (SSSR count). The van der Waals surface area contributed by atoms with Gasteiger partial charge in [-0.2, -0.15) is 20.5 Å². The van der Waals surface area contributed by atoms with Crippen LogP contribution in [0.2, 0.25) is 0 Å². The predicted molar refractivity (Wildman–Crippen MR) is 236 cm³/mol. The van der Waals surface area contributed by atoms with Gasteiger partial charge in [0.05, 0.1) is 36.0 Å². The third kappa shape index (κ3) is 14.4. The van der Waals surface area contributed by atoms with Gasteiger partial charge in [0.2, 0.25) is 0 Å². The van der Waals surface area contributed by atoms with E-state index in [-0.39, 0.29) is 5.97 Å². The molecule has 0 radical (unpaired) electrons. The van der Waals surface area contributed by atoms with Crippen LogP contribution in [-0.4, -0.2) is 19.2 Å². The molecule has 0 spiro atoms. The fourth-order valence-electron chi connectivity index (χ4n) is 7.61. The zero-order valence-corrected chi connectivity index (χ0v) is 33.9. The number of rotatable bonds is 22. The lowest BCUT2D eigenvalue weighted by atomic mass is 9.77. The second-order valence-electron chi connectivity index (χ2n) is 15.4. The van der Waals surface area contributed by atoms with E-state index in [2.05, 4.69) is 75.6 Å². The van der Waals surface area contributed by atoms with E-state index in [0.717, 1.165) is 66.5 Å². The normalized spacial score (nSPS) is 15.4. The molecule has 0 amide bonds. The van der Waals surface area contributed by atoms with E-state index in [1.165, 1.54) is 86.1 Å². The van der Waals surface area contributed by atoms with Gasteiger partial charge in [-0.3, -0.25) is 0 Å². The summed E-state index contributed by atoms with van der Waals surface area (Å²) < 4.78 is 11.1. The first-order valence-corrected chi connectivity index (χ1v) is 21.3. The van der Waals surface area contributed by atoms with Crippen molar-refractivity contribution in [3.63, 3.8) is 0 Å². The minimum absolute atomic E-state index is 0.317. The molecule has 0 atom stereocenters. The van der Waals surface area contributed by atoms with Crippen molar-refractivity contribution in [2.75, 3.05) is 13.2 Å². The number of aryl methyl sites for hydroxylation is 1. The van der Waals surface area contributed by atoms with Crippen molar-refractivity contribution in [2.24, 2.45) is 26.4 Å². The molecule has 1 aliphatic carbocycles. The van der Waals surface area contributed by atoms with Gasteiger partial charge >= 0.3 is 5.97 Å². The van der Waals surface area contributed by atoms with Crippen LogP contribution in [0.5, 0.6) is 5.75 Å². The van der Waals surface area contributed by atoms with Crippen LogP contribution in [0.15, 0.2) is 161 Å². The van der Waals surface area contributed by atoms with Gasteiger partial charge in [-0.1, -0.05) is 112 Å². The summed E-state index contributed by atoms with van der Waals surface area (Å²) in [6.45, 7) is 4.66. The number of carbonyl (C=O) groups is 1. The first-order valence-electron chi connectivity index (χ1n) is 21.3. The third-order valence-corrected chi connectivity index (χ3v) is 11.1. The van der Waals surface area contributed by atoms with Gasteiger partial charge in [-0.05, 0) is 146 Å². The van der Waals surface area contributed by atoms with Crippen LogP contribution in [0, 0.1) is 5.92 Å². The maximum Gasteiger partial charge on any atom is 0.330 e. The Balaban J connectivity index is 0.805. The molecule has 300 valence electrons. The molecule has 5 aromatic carbocycles. The molecule has 0 unspecified atom stereocenters. The Hall–Kier alpha value is -5.69. The highest BCUT2D eigenvalue weighted by molar-refractivity contribution is 5.81. The van der Waals surface area contributed by atoms with Crippen LogP contribution >= 0.6 is 0 Å². The van der Waals surface area contributed by atoms with Crippen molar-refractivity contribution >= 4 is 28.7 Å². The molecule has 0 saturated heterocycles. The quantitative estimate of drug-likeness (QED) is 0.0304. The van der Waals surface area contributed by atoms with Crippen LogP contribution in [0.25, 0.3) is 11.1 Å². The van der Waals surface area contributed by atoms with Gasteiger partial charge in [0.1, 0.15) is 5.75 Å². The number of benzene rings is 5. The lowest BCUT2D eigenvalue weighted by Gasteiger charge is -2.29. The topological polar surface area (TPSA) is 85.0 Å². The summed E-state index contributed by atoms with van der Waals surface area (Å²) in [7, 11) is 0. The van der Waals surface area contributed by atoms with Crippen LogP contribution < -0.4 is 4.74 Å². The zero-order chi connectivity index (χ0) is 40.0. The Morgan fingerprint density at radius 1 is 0.552 bits per heavy atom. The van der Waals surface area contributed by atoms with Crippen LogP contribution in [0.3, 0.4) is 0 Å². The molecule has 5 aromatic rings. The van der Waals surface area contributed by atoms with E-state index in [0.29, 0.717) is 19.1 Å². The molecule has 0 aromatic heterocycles. The Morgan fingerprint density at radius 2 is 1.07 bits per heavy atom. The minimum atomic E-state index is -0.317. The highest BCUT2D eigenvalue weighted by Gasteiger charge is 2.22. The number of carbonyl (C=O) groups excluding carboxylic acids is 1. The fraction of sp³-hybridized carbons (Fsp3) is 0.353. The van der Waals surface area contributed by atoms with Crippen molar-refractivity contribution in [3.05, 3.63) is 151 Å². The Morgan fingerprint density at radius 3 is 1.67 bits per heavy atom. The summed E-state index contributed by atoms with van der Waals surface area (Å²) in [5.74, 6) is 2.09. The summed E-state index contributed by atoms with van der Waals surface area (Å²) in [6, 6.07) is 43.5. The van der Waals surface area contributed by atoms with E-state index in [1.807, 2.05) is 78.9 Å². The lowest BCUT2D eigenvalue weighted by Crippen LogP contribution is -2.13. The molecule has 0 heterocycles. The number of esters is 1. The molecule has 7 nitrogen and oxygen atoms in total. The van der Waals surface area contributed by atoms with Crippen molar-refractivity contribution in [1.29, 1.82) is 0 Å². The number of hydrogen-bond acceptors (Lipinski definition) is 7. The average molecular weight is 775 g/mol. The molecule has 58 heavy (non-hydrogen) atoms. The predicted octanol–water partition coefficient (Wildman–Crippen LogP) is 15.3. The van der Waals surface area contributed by atoms with Gasteiger partial charge < -0.3 is 9.47 Å². The van der Waals surface area contributed by atoms with Crippen molar-refractivity contribution in [1.82, 2.24) is 0 Å². The van der Waals surface area contributed by atoms with Crippen molar-refractivity contribution in [3.8, 4) is 16.9 Å². The highest BCUT2D eigenvalue weighted by Crippen LogP contribution is 2.38. The van der Waals surface area contributed by atoms with Gasteiger partial charge in [0, 0.05) is 6.08 Å². The van der Waals surface area contributed by atoms with Gasteiger partial charge in [0.25, 0.3) is 0 Å². The molecule has 1 aliphatic rings. The minimum Gasteiger partial charge on any atom is -0.494 e. The molecule has 0 bridgehead atoms. The summed E-state index contributed by atoms with van der Waals surface area (Å²) in [5.41, 5.74) is 8.60. The highest BCUT2D eigenvalue weighted by atomic mass is 16.5. The van der Waals surface area contributed by atoms with E-state index in [9.17, 15) is 4.79 Å². The van der Waals surface area contributed by atoms with Crippen molar-refractivity contribution in [2.45, 2.75) is 95.8 Å². The molecule has 1 fully saturated rings. The van der Waals surface area contributed by atoms with E-state index < -0.39 is 0 Å². The maximum absolute atomic E-state index is 11.1. The Kier molecular flexibility index (Phi) is 17.0. The second kappa shape index (κ2) is 23.5. The van der Waals surface area contributed by atoms with Gasteiger partial charge in [-0.25, -0.2) is 4.79 Å². The van der Waals surface area contributed by atoms with Gasteiger partial charge in [-0.15, -0.1) is 0 Å². The number of unbranched alkanes of at least 4 members (excludes halogenated alkanes) is 6. The Bertz CT molecular complexity index is 2000. The monoisotopic (exact) mass is 774 g/mol. The smallest absolute Gasteiger partial charge is 0.330 e. The molecule has 0 aliphatic heterocycles. The van der Waals surface area contributed by atoms with Crippen LogP contribution in [0.1, 0.15) is 101 Å². The molecule has 1 saturated carbocycles. The summed E-state index contributed by atoms with van der Waals surface area (Å²) in [4.78, 5) is 11.1. The zero-order valence-electron chi connectivity index (χ0n) is 33.9. The summed E-state index contributed by atoms with van der Waals surface area (Å²) in [6.07, 6.45) is 18.1. The van der Waals surface area contributed by atoms with E-state index in [1.54, 1.807) is 0 Å². The average Bonchev–Trinajstić information content (AvgIpc) is 3.28. The fourth-order valence-corrected chi connectivity index (χ4v) is 7.61. The number of hydrogen-bond donors (Lipinski definition) is 0. The second-order valence-corrected chi connectivity index (χ2v) is 15.4. The summed E-state index contributed by atoms with van der Waals surface area (Å²) in [5, 5.41) is 17.2. The first kappa shape index (κ1) is 41.9. The van der Waals surface area contributed by atoms with Gasteiger partial charge in [0.15, 0.2) is 0 Å². The lowest BCUT2D eigenvalue weighted by molar-refractivity contribution is -0.137. The first-order chi connectivity index (χ1) is 28.6. The number of azo groups is 2. The molecular weight excluding hydrogens is 717 g/mol. The number of ether oxygens (including phenoxy) is 2. The van der Waals surface area contributed by atoms with E-state index >= 15 is 0 Å². The largest absolute Gasteiger partial charge is 0.494 e.